The van der Waals surface area contributed by atoms with Crippen molar-refractivity contribution in [2.24, 2.45) is 0 Å². The smallest absolute Gasteiger partial charge is 0.232 e. The highest BCUT2D eigenvalue weighted by atomic mass is 32.2. The van der Waals surface area contributed by atoms with Crippen LogP contribution in [-0.2, 0) is 10.0 Å². The Kier molecular flexibility index (Phi) is 5.19. The molecule has 0 amide bonds. The van der Waals surface area contributed by atoms with Crippen molar-refractivity contribution in [2.75, 3.05) is 10.5 Å². The van der Waals surface area contributed by atoms with E-state index in [1.54, 1.807) is 30.5 Å². The first-order valence-corrected chi connectivity index (χ1v) is 9.84. The molecule has 5 nitrogen and oxygen atoms in total. The number of fused-ring (bicyclic) bond motifs is 1. The fraction of sp³-hybridized carbons (Fsp3) is 0.211. The van der Waals surface area contributed by atoms with Crippen molar-refractivity contribution in [3.63, 3.8) is 0 Å². The molecule has 0 spiro atoms. The average molecular weight is 356 g/mol. The molecule has 0 radical (unpaired) electrons. The van der Waals surface area contributed by atoms with Gasteiger partial charge in [0.2, 0.25) is 10.0 Å². The predicted molar refractivity (Wildman–Crippen MR) is 101 cm³/mol. The minimum atomic E-state index is -3.29. The van der Waals surface area contributed by atoms with Gasteiger partial charge < -0.3 is 4.74 Å². The maximum atomic E-state index is 11.9. The average Bonchev–Trinajstić information content (AvgIpc) is 2.61. The number of sulfonamides is 1. The van der Waals surface area contributed by atoms with Gasteiger partial charge in [-0.1, -0.05) is 19.4 Å². The second kappa shape index (κ2) is 7.53. The molecule has 0 bridgehead atoms. The third-order valence-electron chi connectivity index (χ3n) is 3.70. The van der Waals surface area contributed by atoms with Gasteiger partial charge in [0, 0.05) is 17.3 Å². The molecule has 1 heterocycles. The first kappa shape index (κ1) is 17.2. The molecule has 0 fully saturated rings. The minimum absolute atomic E-state index is 0.132. The predicted octanol–water partition coefficient (Wildman–Crippen LogP) is 4.57. The highest BCUT2D eigenvalue weighted by Gasteiger charge is 2.09. The largest absolute Gasteiger partial charge is 0.457 e. The normalized spacial score (nSPS) is 11.4. The van der Waals surface area contributed by atoms with Crippen molar-refractivity contribution >= 4 is 26.6 Å². The fourth-order valence-corrected chi connectivity index (χ4v) is 3.68. The van der Waals surface area contributed by atoms with Crippen LogP contribution in [0.4, 0.5) is 5.69 Å². The number of unbranched alkanes of at least 4 members (excludes halogenated alkanes) is 1. The van der Waals surface area contributed by atoms with Gasteiger partial charge in [-0.3, -0.25) is 9.71 Å². The van der Waals surface area contributed by atoms with Crippen molar-refractivity contribution in [3.05, 3.63) is 60.8 Å². The Labute approximate surface area is 147 Å². The van der Waals surface area contributed by atoms with Crippen LogP contribution in [0.1, 0.15) is 19.8 Å². The zero-order chi connectivity index (χ0) is 17.7. The molecule has 0 unspecified atom stereocenters. The molecule has 3 rings (SSSR count). The topological polar surface area (TPSA) is 68.3 Å². The number of hydrogen-bond donors (Lipinski definition) is 1. The Hall–Kier alpha value is -2.60. The van der Waals surface area contributed by atoms with Gasteiger partial charge in [-0.25, -0.2) is 8.42 Å². The molecule has 0 aliphatic rings. The van der Waals surface area contributed by atoms with Crippen molar-refractivity contribution in [3.8, 4) is 11.5 Å². The van der Waals surface area contributed by atoms with Gasteiger partial charge in [0.25, 0.3) is 0 Å². The zero-order valence-electron chi connectivity index (χ0n) is 14.0. The summed E-state index contributed by atoms with van der Waals surface area (Å²) in [5.74, 6) is 1.48. The Morgan fingerprint density at radius 2 is 1.80 bits per heavy atom. The van der Waals surface area contributed by atoms with Crippen LogP contribution >= 0.6 is 0 Å². The van der Waals surface area contributed by atoms with Crippen LogP contribution in [0.5, 0.6) is 11.5 Å². The summed E-state index contributed by atoms with van der Waals surface area (Å²) in [6, 6.07) is 16.4. The van der Waals surface area contributed by atoms with Crippen LogP contribution in [0.25, 0.3) is 10.9 Å². The lowest BCUT2D eigenvalue weighted by atomic mass is 10.2. The fourth-order valence-electron chi connectivity index (χ4n) is 2.41. The van der Waals surface area contributed by atoms with Gasteiger partial charge in [0.15, 0.2) is 0 Å². The van der Waals surface area contributed by atoms with E-state index in [-0.39, 0.29) is 5.75 Å². The van der Waals surface area contributed by atoms with Crippen molar-refractivity contribution in [1.29, 1.82) is 0 Å². The van der Waals surface area contributed by atoms with E-state index in [0.29, 0.717) is 23.6 Å². The second-order valence-electron chi connectivity index (χ2n) is 5.76. The van der Waals surface area contributed by atoms with Gasteiger partial charge in [0.1, 0.15) is 11.5 Å². The number of aromatic nitrogens is 1. The Morgan fingerprint density at radius 1 is 1.04 bits per heavy atom. The summed E-state index contributed by atoms with van der Waals surface area (Å²) in [4.78, 5) is 4.28. The van der Waals surface area contributed by atoms with Gasteiger partial charge in [-0.2, -0.15) is 0 Å². The minimum Gasteiger partial charge on any atom is -0.457 e. The number of rotatable bonds is 7. The van der Waals surface area contributed by atoms with Gasteiger partial charge in [-0.15, -0.1) is 0 Å². The van der Waals surface area contributed by atoms with Gasteiger partial charge in [-0.05, 0) is 55.0 Å². The molecule has 130 valence electrons. The summed E-state index contributed by atoms with van der Waals surface area (Å²) in [7, 11) is -3.29. The van der Waals surface area contributed by atoms with E-state index in [1.807, 2.05) is 37.3 Å². The summed E-state index contributed by atoms with van der Waals surface area (Å²) in [5.41, 5.74) is 1.44. The van der Waals surface area contributed by atoms with E-state index in [1.165, 1.54) is 0 Å². The lowest BCUT2D eigenvalue weighted by molar-refractivity contribution is 0.483. The molecule has 0 atom stereocenters. The summed E-state index contributed by atoms with van der Waals surface area (Å²) >= 11 is 0. The van der Waals surface area contributed by atoms with E-state index >= 15 is 0 Å². The van der Waals surface area contributed by atoms with Crippen LogP contribution in [0.3, 0.4) is 0 Å². The Balaban J connectivity index is 1.69. The number of nitrogens with one attached hydrogen (secondary N) is 1. The maximum Gasteiger partial charge on any atom is 0.232 e. The number of ether oxygens (including phenoxy) is 1. The van der Waals surface area contributed by atoms with Gasteiger partial charge in [0.05, 0.1) is 11.3 Å². The lowest BCUT2D eigenvalue weighted by Crippen LogP contribution is -2.16. The zero-order valence-corrected chi connectivity index (χ0v) is 14.8. The summed E-state index contributed by atoms with van der Waals surface area (Å²) < 4.78 is 32.2. The molecule has 1 N–H and O–H groups in total. The standard InChI is InChI=1S/C19H20N2O3S/c1-2-3-13-25(22,23)21-16-6-8-17(9-7-16)24-18-10-11-19-15(14-18)5-4-12-20-19/h4-12,14,21H,2-3,13H2,1H3. The molecule has 0 saturated heterocycles. The van der Waals surface area contributed by atoms with Crippen molar-refractivity contribution < 1.29 is 13.2 Å². The summed E-state index contributed by atoms with van der Waals surface area (Å²) in [6.07, 6.45) is 3.24. The van der Waals surface area contributed by atoms with E-state index in [9.17, 15) is 8.42 Å². The maximum absolute atomic E-state index is 11.9. The van der Waals surface area contributed by atoms with E-state index < -0.39 is 10.0 Å². The molecule has 25 heavy (non-hydrogen) atoms. The van der Waals surface area contributed by atoms with E-state index in [4.69, 9.17) is 4.74 Å². The molecular formula is C19H20N2O3S. The monoisotopic (exact) mass is 356 g/mol. The van der Waals surface area contributed by atoms with Crippen LogP contribution in [0, 0.1) is 0 Å². The number of anilines is 1. The van der Waals surface area contributed by atoms with Crippen LogP contribution in [0.15, 0.2) is 60.8 Å². The first-order valence-electron chi connectivity index (χ1n) is 8.19. The molecule has 6 heteroatoms. The SMILES string of the molecule is CCCCS(=O)(=O)Nc1ccc(Oc2ccc3ncccc3c2)cc1. The van der Waals surface area contributed by atoms with Gasteiger partial charge >= 0.3 is 0 Å². The van der Waals surface area contributed by atoms with E-state index in [2.05, 4.69) is 9.71 Å². The third-order valence-corrected chi connectivity index (χ3v) is 5.08. The summed E-state index contributed by atoms with van der Waals surface area (Å²) in [5, 5.41) is 1.00. The van der Waals surface area contributed by atoms with Crippen molar-refractivity contribution in [2.45, 2.75) is 19.8 Å². The Morgan fingerprint density at radius 3 is 2.56 bits per heavy atom. The Bertz CT molecular complexity index is 954. The quantitative estimate of drug-likeness (QED) is 0.673. The highest BCUT2D eigenvalue weighted by Crippen LogP contribution is 2.26. The number of hydrogen-bond acceptors (Lipinski definition) is 4. The highest BCUT2D eigenvalue weighted by molar-refractivity contribution is 7.92. The lowest BCUT2D eigenvalue weighted by Gasteiger charge is -2.10. The van der Waals surface area contributed by atoms with Crippen LogP contribution in [0.2, 0.25) is 0 Å². The molecule has 3 aromatic rings. The molecule has 0 aliphatic carbocycles. The number of pyridine rings is 1. The first-order chi connectivity index (χ1) is 12.1. The van der Waals surface area contributed by atoms with E-state index in [0.717, 1.165) is 17.3 Å². The molecular weight excluding hydrogens is 336 g/mol. The van der Waals surface area contributed by atoms with Crippen molar-refractivity contribution in [1.82, 2.24) is 4.98 Å². The molecule has 2 aromatic carbocycles. The van der Waals surface area contributed by atoms with Crippen LogP contribution < -0.4 is 9.46 Å². The number of benzene rings is 2. The molecule has 0 aliphatic heterocycles. The molecule has 1 aromatic heterocycles. The summed E-state index contributed by atoms with van der Waals surface area (Å²) in [6.45, 7) is 1.96. The number of nitrogens with zero attached hydrogens (tertiary/aromatic N) is 1. The molecule has 0 saturated carbocycles. The van der Waals surface area contributed by atoms with Crippen LogP contribution in [-0.4, -0.2) is 19.2 Å². The third kappa shape index (κ3) is 4.70. The second-order valence-corrected chi connectivity index (χ2v) is 7.60.